The lowest BCUT2D eigenvalue weighted by atomic mass is 9.95. The van der Waals surface area contributed by atoms with Gasteiger partial charge in [-0.05, 0) is 50.0 Å². The minimum atomic E-state index is -0.883. The van der Waals surface area contributed by atoms with E-state index in [2.05, 4.69) is 42.5 Å². The number of hydrogen-bond donors (Lipinski definition) is 2. The van der Waals surface area contributed by atoms with Crippen LogP contribution >= 0.6 is 22.6 Å². The number of cyclic esters (lactones) is 1. The van der Waals surface area contributed by atoms with E-state index in [-0.39, 0.29) is 18.0 Å². The van der Waals surface area contributed by atoms with Crippen molar-refractivity contribution in [2.24, 2.45) is 11.7 Å². The van der Waals surface area contributed by atoms with Crippen LogP contribution in [0.2, 0.25) is 0 Å². The molecule has 0 unspecified atom stereocenters. The number of aliphatic hydroxyl groups is 1. The lowest BCUT2D eigenvalue weighted by molar-refractivity contribution is -0.150. The van der Waals surface area contributed by atoms with Gasteiger partial charge in [0, 0.05) is 18.8 Å². The fourth-order valence-electron chi connectivity index (χ4n) is 4.26. The zero-order chi connectivity index (χ0) is 27.5. The molecule has 6 nitrogen and oxygen atoms in total. The van der Waals surface area contributed by atoms with E-state index >= 15 is 0 Å². The van der Waals surface area contributed by atoms with Gasteiger partial charge in [0.1, 0.15) is 18.3 Å². The average molecular weight is 628 g/mol. The normalized spacial score (nSPS) is 28.6. The van der Waals surface area contributed by atoms with Crippen molar-refractivity contribution in [3.05, 3.63) is 57.8 Å². The molecule has 0 saturated carbocycles. The standard InChI is InChI=1S/C30H46INO5/c1-23-15-11-10-13-17-27(37-30(32)35)26(33)16-12-8-6-4-5-7-9-14-18-29(34)36-28(22-23)25(3)21-24(2)19-20-31/h10-12,15-16,19-21,25-28,33H,4-9,13-14,17-18,22H2,1-3H3,(H2,32,35)/b11-10+,16-12+,20-19+,23-15+,24-21+/t25-,26+,27+,28-/m1/s1. The summed E-state index contributed by atoms with van der Waals surface area (Å²) in [5.74, 6) is -0.0438. The lowest BCUT2D eigenvalue weighted by Crippen LogP contribution is -2.32. The average Bonchev–Trinajstić information content (AvgIpc) is 2.83. The van der Waals surface area contributed by atoms with Gasteiger partial charge >= 0.3 is 12.1 Å². The second-order valence-electron chi connectivity index (χ2n) is 9.87. The number of hydrogen-bond acceptors (Lipinski definition) is 5. The minimum Gasteiger partial charge on any atom is -0.461 e. The van der Waals surface area contributed by atoms with E-state index in [1.807, 2.05) is 41.4 Å². The highest BCUT2D eigenvalue weighted by molar-refractivity contribution is 14.1. The van der Waals surface area contributed by atoms with Crippen molar-refractivity contribution in [3.63, 3.8) is 0 Å². The molecule has 37 heavy (non-hydrogen) atoms. The number of amides is 1. The topological polar surface area (TPSA) is 98.9 Å². The van der Waals surface area contributed by atoms with Crippen molar-refractivity contribution in [2.45, 2.75) is 110 Å². The number of aliphatic hydroxyl groups excluding tert-OH is 1. The molecule has 0 aromatic carbocycles. The molecule has 0 bridgehead atoms. The summed E-state index contributed by atoms with van der Waals surface area (Å²) < 4.78 is 13.1. The molecule has 1 aliphatic heterocycles. The predicted molar refractivity (Wildman–Crippen MR) is 159 cm³/mol. The van der Waals surface area contributed by atoms with Crippen molar-refractivity contribution in [1.82, 2.24) is 0 Å². The minimum absolute atomic E-state index is 0.0793. The molecule has 7 heteroatoms. The lowest BCUT2D eigenvalue weighted by Gasteiger charge is -2.23. The third-order valence-corrected chi connectivity index (χ3v) is 6.72. The summed E-state index contributed by atoms with van der Waals surface area (Å²) in [6.07, 6.45) is 20.3. The number of ether oxygens (including phenoxy) is 2. The summed E-state index contributed by atoms with van der Waals surface area (Å²) >= 11 is 2.20. The Morgan fingerprint density at radius 3 is 2.59 bits per heavy atom. The molecule has 1 aliphatic rings. The van der Waals surface area contributed by atoms with E-state index in [1.54, 1.807) is 6.08 Å². The van der Waals surface area contributed by atoms with Gasteiger partial charge in [-0.3, -0.25) is 4.79 Å². The van der Waals surface area contributed by atoms with Crippen LogP contribution in [0.5, 0.6) is 0 Å². The molecule has 3 N–H and O–H groups in total. The Balaban J connectivity index is 2.98. The molecule has 0 saturated heterocycles. The summed E-state index contributed by atoms with van der Waals surface area (Å²) in [6.45, 7) is 6.18. The third kappa shape index (κ3) is 16.6. The van der Waals surface area contributed by atoms with E-state index in [0.29, 0.717) is 25.7 Å². The van der Waals surface area contributed by atoms with Crippen molar-refractivity contribution in [3.8, 4) is 0 Å². The summed E-state index contributed by atoms with van der Waals surface area (Å²) in [7, 11) is 0. The summed E-state index contributed by atoms with van der Waals surface area (Å²) in [4.78, 5) is 23.9. The van der Waals surface area contributed by atoms with Crippen LogP contribution in [0.1, 0.15) is 91.4 Å². The van der Waals surface area contributed by atoms with E-state index in [0.717, 1.165) is 56.1 Å². The molecule has 0 aromatic rings. The van der Waals surface area contributed by atoms with Gasteiger partial charge in [-0.25, -0.2) is 4.79 Å². The van der Waals surface area contributed by atoms with E-state index in [4.69, 9.17) is 15.2 Å². The van der Waals surface area contributed by atoms with Crippen LogP contribution in [0.3, 0.4) is 0 Å². The Hall–Kier alpha value is -1.87. The van der Waals surface area contributed by atoms with Gasteiger partial charge in [-0.2, -0.15) is 0 Å². The first-order valence-electron chi connectivity index (χ1n) is 13.5. The maximum absolute atomic E-state index is 12.6. The zero-order valence-corrected chi connectivity index (χ0v) is 24.9. The largest absolute Gasteiger partial charge is 0.461 e. The maximum atomic E-state index is 12.6. The van der Waals surface area contributed by atoms with Gasteiger partial charge in [0.15, 0.2) is 0 Å². The molecule has 0 aromatic heterocycles. The Labute approximate surface area is 237 Å². The second kappa shape index (κ2) is 20.1. The Kier molecular flexibility index (Phi) is 18.0. The first kappa shape index (κ1) is 33.2. The predicted octanol–water partition coefficient (Wildman–Crippen LogP) is 7.62. The first-order chi connectivity index (χ1) is 17.7. The molecule has 1 rings (SSSR count). The number of halogens is 1. The number of primary amides is 1. The Bertz CT molecular complexity index is 830. The molecule has 4 atom stereocenters. The highest BCUT2D eigenvalue weighted by Crippen LogP contribution is 2.22. The van der Waals surface area contributed by atoms with E-state index < -0.39 is 18.3 Å². The van der Waals surface area contributed by atoms with Gasteiger partial charge in [-0.1, -0.05) is 109 Å². The van der Waals surface area contributed by atoms with Crippen LogP contribution in [0.4, 0.5) is 4.79 Å². The molecule has 1 amide bonds. The number of carbonyl (C=O) groups is 2. The summed E-state index contributed by atoms with van der Waals surface area (Å²) in [5, 5.41) is 10.5. The van der Waals surface area contributed by atoms with Gasteiger partial charge in [0.25, 0.3) is 0 Å². The monoisotopic (exact) mass is 627 g/mol. The molecule has 1 heterocycles. The fraction of sp³-hybridized carbons (Fsp3) is 0.600. The van der Waals surface area contributed by atoms with Crippen molar-refractivity contribution in [1.29, 1.82) is 0 Å². The summed E-state index contributed by atoms with van der Waals surface area (Å²) in [5.41, 5.74) is 7.46. The van der Waals surface area contributed by atoms with Gasteiger partial charge in [0.2, 0.25) is 0 Å². The van der Waals surface area contributed by atoms with Crippen LogP contribution in [0.25, 0.3) is 0 Å². The Morgan fingerprint density at radius 2 is 1.89 bits per heavy atom. The van der Waals surface area contributed by atoms with Crippen LogP contribution in [0.15, 0.2) is 57.8 Å². The number of allylic oxidation sites excluding steroid dienone is 6. The number of nitrogens with two attached hydrogens (primary N) is 1. The molecular formula is C30H46INO5. The first-order valence-corrected chi connectivity index (χ1v) is 14.7. The third-order valence-electron chi connectivity index (χ3n) is 6.36. The summed E-state index contributed by atoms with van der Waals surface area (Å²) in [6, 6.07) is 0. The van der Waals surface area contributed by atoms with Crippen LogP contribution in [0, 0.1) is 5.92 Å². The van der Waals surface area contributed by atoms with Gasteiger partial charge < -0.3 is 20.3 Å². The quantitative estimate of drug-likeness (QED) is 0.145. The second-order valence-corrected chi connectivity index (χ2v) is 10.6. The van der Waals surface area contributed by atoms with Crippen LogP contribution in [-0.2, 0) is 14.3 Å². The fourth-order valence-corrected chi connectivity index (χ4v) is 4.83. The maximum Gasteiger partial charge on any atom is 0.404 e. The van der Waals surface area contributed by atoms with Gasteiger partial charge in [0.05, 0.1) is 0 Å². The van der Waals surface area contributed by atoms with Crippen LogP contribution in [-0.4, -0.2) is 35.5 Å². The van der Waals surface area contributed by atoms with Gasteiger partial charge in [-0.15, -0.1) is 0 Å². The highest BCUT2D eigenvalue weighted by atomic mass is 127. The molecule has 0 spiro atoms. The highest BCUT2D eigenvalue weighted by Gasteiger charge is 2.21. The smallest absolute Gasteiger partial charge is 0.404 e. The van der Waals surface area contributed by atoms with Crippen LogP contribution < -0.4 is 5.73 Å². The number of esters is 1. The van der Waals surface area contributed by atoms with Crippen molar-refractivity contribution < 1.29 is 24.2 Å². The SMILES string of the molecule is CC(/C=C/I)=C\[C@@H](C)[C@H]1C/C(C)=C/C=C/CC[C@H](OC(N)=O)[C@@H](O)/C=C/CCCCCCCCC(=O)O1. The molecule has 0 radical (unpaired) electrons. The molecule has 0 aliphatic carbocycles. The molecule has 0 fully saturated rings. The number of carbonyl (C=O) groups excluding carboxylic acids is 2. The molecule has 208 valence electrons. The Morgan fingerprint density at radius 1 is 1.19 bits per heavy atom. The number of rotatable bonds is 4. The van der Waals surface area contributed by atoms with Crippen molar-refractivity contribution in [2.75, 3.05) is 0 Å². The van der Waals surface area contributed by atoms with Crippen molar-refractivity contribution >= 4 is 34.7 Å². The zero-order valence-electron chi connectivity index (χ0n) is 22.7. The molecular weight excluding hydrogens is 581 g/mol. The van der Waals surface area contributed by atoms with E-state index in [1.165, 1.54) is 0 Å². The van der Waals surface area contributed by atoms with E-state index in [9.17, 15) is 14.7 Å².